The molecule has 0 spiro atoms. The van der Waals surface area contributed by atoms with Crippen LogP contribution in [0.15, 0.2) is 42.7 Å². The van der Waals surface area contributed by atoms with Crippen LogP contribution < -0.4 is 5.32 Å². The molecule has 1 atom stereocenters. The fraction of sp³-hybridized carbons (Fsp3) is 0.231. The predicted molar refractivity (Wildman–Crippen MR) is 68.7 cm³/mol. The van der Waals surface area contributed by atoms with E-state index in [0.717, 1.165) is 10.8 Å². The van der Waals surface area contributed by atoms with Crippen LogP contribution in [-0.4, -0.2) is 9.97 Å². The Hall–Kier alpha value is -1.45. The van der Waals surface area contributed by atoms with Crippen molar-refractivity contribution in [3.8, 4) is 0 Å². The Morgan fingerprint density at radius 2 is 1.82 bits per heavy atom. The molecule has 3 nitrogen and oxygen atoms in total. The van der Waals surface area contributed by atoms with Gasteiger partial charge in [-0.05, 0) is 30.7 Å². The topological polar surface area (TPSA) is 37.8 Å². The zero-order valence-corrected chi connectivity index (χ0v) is 10.4. The van der Waals surface area contributed by atoms with Gasteiger partial charge in [0.15, 0.2) is 0 Å². The highest BCUT2D eigenvalue weighted by molar-refractivity contribution is 6.30. The number of nitrogens with zero attached hydrogens (tertiary/aromatic N) is 2. The van der Waals surface area contributed by atoms with Gasteiger partial charge in [-0.3, -0.25) is 0 Å². The summed E-state index contributed by atoms with van der Waals surface area (Å²) in [4.78, 5) is 8.33. The second-order valence-electron chi connectivity index (χ2n) is 3.82. The molecule has 0 unspecified atom stereocenters. The summed E-state index contributed by atoms with van der Waals surface area (Å²) in [5, 5.41) is 4.12. The molecule has 2 rings (SSSR count). The molecule has 0 aliphatic rings. The molecule has 88 valence electrons. The Bertz CT molecular complexity index is 456. The third-order valence-electron chi connectivity index (χ3n) is 2.56. The quantitative estimate of drug-likeness (QED) is 0.903. The van der Waals surface area contributed by atoms with Gasteiger partial charge in [0.2, 0.25) is 0 Å². The van der Waals surface area contributed by atoms with E-state index in [-0.39, 0.29) is 6.04 Å². The molecule has 1 aromatic heterocycles. The lowest BCUT2D eigenvalue weighted by Gasteiger charge is -2.13. The summed E-state index contributed by atoms with van der Waals surface area (Å²) in [5.41, 5.74) is 1.20. The van der Waals surface area contributed by atoms with Crippen LogP contribution >= 0.6 is 11.6 Å². The molecule has 0 bridgehead atoms. The van der Waals surface area contributed by atoms with Crippen LogP contribution in [0, 0.1) is 0 Å². The Morgan fingerprint density at radius 3 is 2.47 bits per heavy atom. The second-order valence-corrected chi connectivity index (χ2v) is 4.26. The Kier molecular flexibility index (Phi) is 4.07. The average molecular weight is 248 g/mol. The SMILES string of the molecule is C[C@H](NCc1ncccn1)c1ccc(Cl)cc1. The first-order chi connectivity index (χ1) is 8.25. The van der Waals surface area contributed by atoms with Crippen LogP contribution in [0.1, 0.15) is 24.4 Å². The third-order valence-corrected chi connectivity index (χ3v) is 2.81. The highest BCUT2D eigenvalue weighted by atomic mass is 35.5. The lowest BCUT2D eigenvalue weighted by atomic mass is 10.1. The number of halogens is 1. The van der Waals surface area contributed by atoms with Crippen LogP contribution in [0.5, 0.6) is 0 Å². The van der Waals surface area contributed by atoms with E-state index < -0.39 is 0 Å². The van der Waals surface area contributed by atoms with Gasteiger partial charge in [-0.15, -0.1) is 0 Å². The van der Waals surface area contributed by atoms with Crippen LogP contribution in [0.2, 0.25) is 5.02 Å². The summed E-state index contributed by atoms with van der Waals surface area (Å²) in [6, 6.07) is 9.89. The minimum absolute atomic E-state index is 0.246. The van der Waals surface area contributed by atoms with Crippen LogP contribution in [-0.2, 0) is 6.54 Å². The van der Waals surface area contributed by atoms with E-state index in [1.807, 2.05) is 30.3 Å². The molecule has 0 radical (unpaired) electrons. The van der Waals surface area contributed by atoms with E-state index in [9.17, 15) is 0 Å². The molecule has 0 aliphatic heterocycles. The molecule has 1 aromatic carbocycles. The lowest BCUT2D eigenvalue weighted by molar-refractivity contribution is 0.559. The average Bonchev–Trinajstić information content (AvgIpc) is 2.38. The molecular formula is C13H14ClN3. The Labute approximate surface area is 106 Å². The van der Waals surface area contributed by atoms with Gasteiger partial charge in [0, 0.05) is 23.5 Å². The van der Waals surface area contributed by atoms with Crippen molar-refractivity contribution in [1.29, 1.82) is 0 Å². The van der Waals surface area contributed by atoms with Gasteiger partial charge in [0.1, 0.15) is 5.82 Å². The van der Waals surface area contributed by atoms with Crippen molar-refractivity contribution in [1.82, 2.24) is 15.3 Å². The summed E-state index contributed by atoms with van der Waals surface area (Å²) in [5.74, 6) is 0.799. The smallest absolute Gasteiger partial charge is 0.141 e. The molecule has 0 aliphatic carbocycles. The zero-order chi connectivity index (χ0) is 12.1. The van der Waals surface area contributed by atoms with Crippen molar-refractivity contribution in [2.24, 2.45) is 0 Å². The Balaban J connectivity index is 1.93. The van der Waals surface area contributed by atoms with Gasteiger partial charge in [-0.1, -0.05) is 23.7 Å². The largest absolute Gasteiger partial charge is 0.303 e. The molecule has 4 heteroatoms. The molecule has 0 saturated carbocycles. The first kappa shape index (κ1) is 12.0. The fourth-order valence-electron chi connectivity index (χ4n) is 1.53. The monoisotopic (exact) mass is 247 g/mol. The van der Waals surface area contributed by atoms with Crippen molar-refractivity contribution < 1.29 is 0 Å². The summed E-state index contributed by atoms with van der Waals surface area (Å²) in [6.45, 7) is 2.76. The molecule has 0 saturated heterocycles. The van der Waals surface area contributed by atoms with Crippen molar-refractivity contribution >= 4 is 11.6 Å². The maximum absolute atomic E-state index is 5.85. The number of hydrogen-bond donors (Lipinski definition) is 1. The van der Waals surface area contributed by atoms with Gasteiger partial charge in [0.05, 0.1) is 6.54 Å². The van der Waals surface area contributed by atoms with Crippen molar-refractivity contribution in [2.75, 3.05) is 0 Å². The number of benzene rings is 1. The van der Waals surface area contributed by atoms with Gasteiger partial charge in [0.25, 0.3) is 0 Å². The van der Waals surface area contributed by atoms with E-state index in [4.69, 9.17) is 11.6 Å². The van der Waals surface area contributed by atoms with E-state index in [1.54, 1.807) is 12.4 Å². The van der Waals surface area contributed by atoms with E-state index in [0.29, 0.717) is 6.54 Å². The van der Waals surface area contributed by atoms with Crippen LogP contribution in [0.3, 0.4) is 0 Å². The highest BCUT2D eigenvalue weighted by Crippen LogP contribution is 2.16. The Morgan fingerprint density at radius 1 is 1.18 bits per heavy atom. The van der Waals surface area contributed by atoms with E-state index in [1.165, 1.54) is 5.56 Å². The summed E-state index contributed by atoms with van der Waals surface area (Å²) in [6.07, 6.45) is 3.49. The fourth-order valence-corrected chi connectivity index (χ4v) is 1.66. The molecule has 17 heavy (non-hydrogen) atoms. The third kappa shape index (κ3) is 3.51. The van der Waals surface area contributed by atoms with Gasteiger partial charge >= 0.3 is 0 Å². The van der Waals surface area contributed by atoms with Gasteiger partial charge in [-0.2, -0.15) is 0 Å². The minimum Gasteiger partial charge on any atom is -0.303 e. The standard InChI is InChI=1S/C13H14ClN3/c1-10(11-3-5-12(14)6-4-11)17-9-13-15-7-2-8-16-13/h2-8,10,17H,9H2,1H3/t10-/m0/s1. The molecule has 2 aromatic rings. The summed E-state index contributed by atoms with van der Waals surface area (Å²) < 4.78 is 0. The number of nitrogens with one attached hydrogen (secondary N) is 1. The maximum atomic E-state index is 5.85. The molecule has 0 fully saturated rings. The second kappa shape index (κ2) is 5.75. The normalized spacial score (nSPS) is 12.4. The first-order valence-corrected chi connectivity index (χ1v) is 5.88. The summed E-state index contributed by atoms with van der Waals surface area (Å²) in [7, 11) is 0. The van der Waals surface area contributed by atoms with Crippen molar-refractivity contribution in [3.63, 3.8) is 0 Å². The van der Waals surface area contributed by atoms with E-state index >= 15 is 0 Å². The number of aromatic nitrogens is 2. The molecular weight excluding hydrogens is 234 g/mol. The van der Waals surface area contributed by atoms with Gasteiger partial charge in [-0.25, -0.2) is 9.97 Å². The number of hydrogen-bond acceptors (Lipinski definition) is 3. The minimum atomic E-state index is 0.246. The molecule has 1 N–H and O–H groups in total. The first-order valence-electron chi connectivity index (χ1n) is 5.50. The van der Waals surface area contributed by atoms with Crippen molar-refractivity contribution in [2.45, 2.75) is 19.5 Å². The predicted octanol–water partition coefficient (Wildman–Crippen LogP) is 2.98. The molecule has 1 heterocycles. The maximum Gasteiger partial charge on any atom is 0.141 e. The van der Waals surface area contributed by atoms with Crippen LogP contribution in [0.4, 0.5) is 0 Å². The lowest BCUT2D eigenvalue weighted by Crippen LogP contribution is -2.19. The highest BCUT2D eigenvalue weighted by Gasteiger charge is 2.05. The summed E-state index contributed by atoms with van der Waals surface area (Å²) >= 11 is 5.85. The number of rotatable bonds is 4. The van der Waals surface area contributed by atoms with Crippen LogP contribution in [0.25, 0.3) is 0 Å². The van der Waals surface area contributed by atoms with E-state index in [2.05, 4.69) is 22.2 Å². The zero-order valence-electron chi connectivity index (χ0n) is 9.60. The van der Waals surface area contributed by atoms with Crippen molar-refractivity contribution in [3.05, 3.63) is 59.1 Å². The molecule has 0 amide bonds. The van der Waals surface area contributed by atoms with Gasteiger partial charge < -0.3 is 5.32 Å².